The fraction of sp³-hybridized carbons (Fsp3) is 0.684. The Labute approximate surface area is 134 Å². The maximum atomic E-state index is 11.5. The summed E-state index contributed by atoms with van der Waals surface area (Å²) < 4.78 is 5.88. The molecule has 3 unspecified atom stereocenters. The first-order valence-corrected chi connectivity index (χ1v) is 8.60. The quantitative estimate of drug-likeness (QED) is 0.444. The molecular formula is C19H29NO2. The van der Waals surface area contributed by atoms with Crippen LogP contribution in [0.5, 0.6) is 0 Å². The van der Waals surface area contributed by atoms with Gasteiger partial charge in [-0.15, -0.1) is 0 Å². The van der Waals surface area contributed by atoms with E-state index in [1.54, 1.807) is 0 Å². The Bertz CT molecular complexity index is 512. The molecule has 2 rings (SSSR count). The smallest absolute Gasteiger partial charge is 0.128 e. The highest BCUT2D eigenvalue weighted by Gasteiger charge is 2.42. The van der Waals surface area contributed by atoms with Gasteiger partial charge in [-0.1, -0.05) is 39.2 Å². The second-order valence-electron chi connectivity index (χ2n) is 6.58. The first-order valence-electron chi connectivity index (χ1n) is 8.60. The normalized spacial score (nSPS) is 25.8. The lowest BCUT2D eigenvalue weighted by Gasteiger charge is -2.20. The van der Waals surface area contributed by atoms with E-state index in [2.05, 4.69) is 38.1 Å². The number of hydrogen-bond donors (Lipinski definition) is 1. The van der Waals surface area contributed by atoms with Crippen LogP contribution in [0.25, 0.3) is 0 Å². The lowest BCUT2D eigenvalue weighted by atomic mass is 9.84. The molecule has 0 aromatic carbocycles. The van der Waals surface area contributed by atoms with Crippen LogP contribution in [0, 0.1) is 5.92 Å². The largest absolute Gasteiger partial charge is 0.360 e. The van der Waals surface area contributed by atoms with Crippen LogP contribution >= 0.6 is 0 Å². The third kappa shape index (κ3) is 3.98. The molecule has 0 aromatic rings. The van der Waals surface area contributed by atoms with Gasteiger partial charge in [0.1, 0.15) is 18.1 Å². The number of nitrogens with one attached hydrogen (secondary N) is 1. The molecule has 1 heterocycles. The minimum absolute atomic E-state index is 0.151. The molecule has 1 N–H and O–H groups in total. The number of rotatable bonds is 7. The fourth-order valence-electron chi connectivity index (χ4n) is 3.54. The summed E-state index contributed by atoms with van der Waals surface area (Å²) >= 11 is 0. The molecule has 3 heteroatoms. The molecule has 0 spiro atoms. The standard InChI is InChI=1S/C19H29NO2/c1-5-7-13(3)8-15-9-16(12-21)14(6-2)10-18-19(22-18)17(15)11-20-4/h10,13,18-20H,5-9,11H2,1-4H3. The monoisotopic (exact) mass is 303 g/mol. The van der Waals surface area contributed by atoms with E-state index in [4.69, 9.17) is 4.74 Å². The molecule has 3 nitrogen and oxygen atoms in total. The van der Waals surface area contributed by atoms with Crippen molar-refractivity contribution in [3.05, 3.63) is 28.4 Å². The topological polar surface area (TPSA) is 41.6 Å². The Morgan fingerprint density at radius 1 is 1.45 bits per heavy atom. The molecule has 1 saturated heterocycles. The van der Waals surface area contributed by atoms with Crippen LogP contribution in [0.1, 0.15) is 52.9 Å². The van der Waals surface area contributed by atoms with Gasteiger partial charge in [-0.25, -0.2) is 4.79 Å². The molecule has 3 atom stereocenters. The van der Waals surface area contributed by atoms with Gasteiger partial charge in [0.25, 0.3) is 0 Å². The van der Waals surface area contributed by atoms with Crippen molar-refractivity contribution in [3.8, 4) is 0 Å². The van der Waals surface area contributed by atoms with Crippen LogP contribution in [-0.2, 0) is 9.53 Å². The summed E-state index contributed by atoms with van der Waals surface area (Å²) in [5.41, 5.74) is 4.69. The van der Waals surface area contributed by atoms with Gasteiger partial charge in [-0.2, -0.15) is 0 Å². The maximum Gasteiger partial charge on any atom is 0.128 e. The van der Waals surface area contributed by atoms with Crippen LogP contribution in [0.4, 0.5) is 0 Å². The zero-order chi connectivity index (χ0) is 16.1. The van der Waals surface area contributed by atoms with Crippen molar-refractivity contribution >= 4 is 5.94 Å². The van der Waals surface area contributed by atoms with Gasteiger partial charge in [0.05, 0.1) is 0 Å². The summed E-state index contributed by atoms with van der Waals surface area (Å²) in [5, 5.41) is 3.27. The van der Waals surface area contributed by atoms with Crippen molar-refractivity contribution in [1.29, 1.82) is 0 Å². The average Bonchev–Trinajstić information content (AvgIpc) is 3.24. The van der Waals surface area contributed by atoms with Crippen molar-refractivity contribution in [1.82, 2.24) is 5.32 Å². The first kappa shape index (κ1) is 17.2. The molecule has 0 radical (unpaired) electrons. The molecule has 122 valence electrons. The molecule has 1 fully saturated rings. The van der Waals surface area contributed by atoms with Crippen molar-refractivity contribution in [3.63, 3.8) is 0 Å². The lowest BCUT2D eigenvalue weighted by molar-refractivity contribution is 0.402. The van der Waals surface area contributed by atoms with Crippen molar-refractivity contribution in [2.24, 2.45) is 5.92 Å². The summed E-state index contributed by atoms with van der Waals surface area (Å²) in [5.74, 6) is 2.84. The highest BCUT2D eigenvalue weighted by Crippen LogP contribution is 2.40. The Morgan fingerprint density at radius 2 is 2.23 bits per heavy atom. The van der Waals surface area contributed by atoms with Crippen molar-refractivity contribution < 1.29 is 9.53 Å². The van der Waals surface area contributed by atoms with E-state index in [9.17, 15) is 4.79 Å². The number of hydrogen-bond acceptors (Lipinski definition) is 3. The van der Waals surface area contributed by atoms with Gasteiger partial charge >= 0.3 is 0 Å². The zero-order valence-corrected chi connectivity index (χ0v) is 14.4. The summed E-state index contributed by atoms with van der Waals surface area (Å²) in [4.78, 5) is 11.5. The van der Waals surface area contributed by atoms with Crippen LogP contribution in [-0.4, -0.2) is 31.7 Å². The highest BCUT2D eigenvalue weighted by molar-refractivity contribution is 5.63. The van der Waals surface area contributed by atoms with E-state index in [-0.39, 0.29) is 12.2 Å². The first-order chi connectivity index (χ1) is 10.6. The predicted molar refractivity (Wildman–Crippen MR) is 90.5 cm³/mol. The summed E-state index contributed by atoms with van der Waals surface area (Å²) in [6.07, 6.45) is 7.59. The van der Waals surface area contributed by atoms with E-state index in [0.717, 1.165) is 37.0 Å². The maximum absolute atomic E-state index is 11.5. The van der Waals surface area contributed by atoms with E-state index in [0.29, 0.717) is 5.92 Å². The van der Waals surface area contributed by atoms with E-state index in [1.165, 1.54) is 24.0 Å². The number of fused-ring (bicyclic) bond motifs is 1. The minimum atomic E-state index is 0.151. The lowest BCUT2D eigenvalue weighted by Crippen LogP contribution is -2.19. The predicted octanol–water partition coefficient (Wildman–Crippen LogP) is 3.59. The van der Waals surface area contributed by atoms with Crippen LogP contribution in [0.3, 0.4) is 0 Å². The molecule has 0 saturated carbocycles. The Kier molecular flexibility index (Phi) is 6.19. The fourth-order valence-corrected chi connectivity index (χ4v) is 3.54. The van der Waals surface area contributed by atoms with Crippen LogP contribution < -0.4 is 5.32 Å². The SMILES string of the molecule is CCCC(C)CC1=C(CNC)C2OC2C=C(CC)C(=C=O)C1. The Morgan fingerprint density at radius 3 is 2.82 bits per heavy atom. The van der Waals surface area contributed by atoms with Gasteiger partial charge in [-0.3, -0.25) is 0 Å². The summed E-state index contributed by atoms with van der Waals surface area (Å²) in [6.45, 7) is 7.47. The van der Waals surface area contributed by atoms with Gasteiger partial charge in [-0.05, 0) is 43.0 Å². The van der Waals surface area contributed by atoms with E-state index < -0.39 is 0 Å². The highest BCUT2D eigenvalue weighted by atomic mass is 16.6. The van der Waals surface area contributed by atoms with Gasteiger partial charge in [0.15, 0.2) is 0 Å². The number of ether oxygens (including phenoxy) is 1. The summed E-state index contributed by atoms with van der Waals surface area (Å²) in [7, 11) is 1.97. The molecule has 22 heavy (non-hydrogen) atoms. The minimum Gasteiger partial charge on any atom is -0.360 e. The molecule has 0 aromatic heterocycles. The zero-order valence-electron chi connectivity index (χ0n) is 14.4. The molecule has 2 aliphatic rings. The third-order valence-electron chi connectivity index (χ3n) is 4.71. The van der Waals surface area contributed by atoms with Gasteiger partial charge in [0.2, 0.25) is 0 Å². The molecule has 1 aliphatic heterocycles. The van der Waals surface area contributed by atoms with Crippen LogP contribution in [0.2, 0.25) is 0 Å². The van der Waals surface area contributed by atoms with E-state index in [1.807, 2.05) is 7.05 Å². The third-order valence-corrected chi connectivity index (χ3v) is 4.71. The molecular weight excluding hydrogens is 274 g/mol. The second-order valence-corrected chi connectivity index (χ2v) is 6.58. The molecule has 1 aliphatic carbocycles. The van der Waals surface area contributed by atoms with Crippen molar-refractivity contribution in [2.45, 2.75) is 65.1 Å². The number of allylic oxidation sites excluding steroid dienone is 3. The second kappa shape index (κ2) is 7.92. The molecule has 0 amide bonds. The van der Waals surface area contributed by atoms with Gasteiger partial charge < -0.3 is 10.1 Å². The van der Waals surface area contributed by atoms with Crippen LogP contribution in [0.15, 0.2) is 28.4 Å². The summed E-state index contributed by atoms with van der Waals surface area (Å²) in [6, 6.07) is 0. The Hall–Kier alpha value is -1.15. The molecule has 0 bridgehead atoms. The number of likely N-dealkylation sites (N-methyl/N-ethyl adjacent to an activating group) is 1. The van der Waals surface area contributed by atoms with Crippen molar-refractivity contribution in [2.75, 3.05) is 13.6 Å². The average molecular weight is 303 g/mol. The van der Waals surface area contributed by atoms with E-state index >= 15 is 0 Å². The number of carbonyl (C=O) groups excluding carboxylic acids is 1. The number of epoxide rings is 1. The Balaban J connectivity index is 2.32. The van der Waals surface area contributed by atoms with Gasteiger partial charge in [0, 0.05) is 18.5 Å².